The minimum atomic E-state index is -4.35. The predicted molar refractivity (Wildman–Crippen MR) is 163 cm³/mol. The van der Waals surface area contributed by atoms with Crippen molar-refractivity contribution in [2.24, 2.45) is 11.8 Å². The molecule has 14 nitrogen and oxygen atoms in total. The van der Waals surface area contributed by atoms with Gasteiger partial charge in [0.05, 0.1) is 32.8 Å². The lowest BCUT2D eigenvalue weighted by Gasteiger charge is -2.45. The number of imidazole rings is 1. The van der Waals surface area contributed by atoms with Gasteiger partial charge in [-0.1, -0.05) is 78.1 Å². The highest BCUT2D eigenvalue weighted by atomic mass is 31.2. The van der Waals surface area contributed by atoms with Crippen molar-refractivity contribution in [3.05, 3.63) is 16.7 Å². The summed E-state index contributed by atoms with van der Waals surface area (Å²) in [7, 11) is -8.64. The normalized spacial score (nSPS) is 21.4. The van der Waals surface area contributed by atoms with E-state index in [1.54, 1.807) is 4.57 Å². The standard InChI is InChI=1S/C27H49N5O9P2/c1-3-5-7-9-11-13-15-38-42(34,35)40-18-21-17-23(32-20-29-24-25(32)30-27(28)31-26(24)33)22(21)19-41-43(36,37)39-16-14-12-10-8-6-4-2/h20-23H,3-19H2,1-2H3,(H,34,35)(H,36,37)(H3,28,30,31,33). The fourth-order valence-electron chi connectivity index (χ4n) is 5.29. The maximum Gasteiger partial charge on any atom is 0.472 e. The molecule has 0 amide bonds. The average Bonchev–Trinajstić information content (AvgIpc) is 3.35. The minimum Gasteiger partial charge on any atom is -0.369 e. The number of aromatic amines is 1. The van der Waals surface area contributed by atoms with Crippen molar-refractivity contribution in [2.75, 3.05) is 32.2 Å². The second-order valence-electron chi connectivity index (χ2n) is 11.2. The zero-order valence-electron chi connectivity index (χ0n) is 25.4. The van der Waals surface area contributed by atoms with Gasteiger partial charge in [-0.15, -0.1) is 0 Å². The van der Waals surface area contributed by atoms with E-state index < -0.39 is 27.1 Å². The molecule has 5 N–H and O–H groups in total. The number of nitrogens with zero attached hydrogens (tertiary/aromatic N) is 3. The van der Waals surface area contributed by atoms with Gasteiger partial charge in [0.15, 0.2) is 11.2 Å². The van der Waals surface area contributed by atoms with Crippen molar-refractivity contribution < 1.29 is 37.0 Å². The summed E-state index contributed by atoms with van der Waals surface area (Å²) in [6, 6.07) is -0.354. The molecule has 5 unspecified atom stereocenters. The van der Waals surface area contributed by atoms with Crippen LogP contribution < -0.4 is 11.3 Å². The molecular formula is C27H49N5O9P2. The Bertz CT molecular complexity index is 1270. The summed E-state index contributed by atoms with van der Waals surface area (Å²) in [6.45, 7) is 4.17. The molecule has 0 bridgehead atoms. The third-order valence-corrected chi connectivity index (χ3v) is 9.81. The molecule has 43 heavy (non-hydrogen) atoms. The van der Waals surface area contributed by atoms with Crippen LogP contribution in [0.4, 0.5) is 5.95 Å². The van der Waals surface area contributed by atoms with E-state index in [9.17, 15) is 23.7 Å². The zero-order valence-corrected chi connectivity index (χ0v) is 27.2. The molecule has 3 rings (SSSR count). The lowest BCUT2D eigenvalue weighted by Crippen LogP contribution is -2.43. The van der Waals surface area contributed by atoms with Gasteiger partial charge in [-0.2, -0.15) is 4.98 Å². The van der Waals surface area contributed by atoms with Gasteiger partial charge in [0.2, 0.25) is 5.95 Å². The van der Waals surface area contributed by atoms with E-state index in [0.29, 0.717) is 19.3 Å². The van der Waals surface area contributed by atoms with Crippen LogP contribution in [-0.2, 0) is 27.2 Å². The first kappa shape index (κ1) is 35.8. The number of anilines is 1. The van der Waals surface area contributed by atoms with E-state index in [-0.39, 0.29) is 55.5 Å². The molecule has 1 aliphatic carbocycles. The molecule has 5 atom stereocenters. The highest BCUT2D eigenvalue weighted by molar-refractivity contribution is 7.47. The van der Waals surface area contributed by atoms with Crippen LogP contribution in [0.25, 0.3) is 11.2 Å². The van der Waals surface area contributed by atoms with E-state index in [2.05, 4.69) is 28.8 Å². The number of aromatic nitrogens is 4. The van der Waals surface area contributed by atoms with Crippen molar-refractivity contribution in [1.29, 1.82) is 0 Å². The predicted octanol–water partition coefficient (Wildman–Crippen LogP) is 5.87. The van der Waals surface area contributed by atoms with E-state index >= 15 is 0 Å². The summed E-state index contributed by atoms with van der Waals surface area (Å²) in [5, 5.41) is 0. The first-order valence-corrected chi connectivity index (χ1v) is 18.5. The van der Waals surface area contributed by atoms with Crippen LogP contribution >= 0.6 is 15.6 Å². The van der Waals surface area contributed by atoms with Gasteiger partial charge in [-0.25, -0.2) is 14.1 Å². The number of hydrogen-bond donors (Lipinski definition) is 4. The molecular weight excluding hydrogens is 600 g/mol. The molecule has 1 aliphatic rings. The molecule has 0 aliphatic heterocycles. The van der Waals surface area contributed by atoms with Crippen LogP contribution in [0.3, 0.4) is 0 Å². The summed E-state index contributed by atoms with van der Waals surface area (Å²) in [6.07, 6.45) is 14.0. The first-order valence-electron chi connectivity index (χ1n) is 15.5. The van der Waals surface area contributed by atoms with Crippen molar-refractivity contribution in [3.63, 3.8) is 0 Å². The van der Waals surface area contributed by atoms with Crippen molar-refractivity contribution >= 4 is 32.8 Å². The number of nitrogen functional groups attached to an aromatic ring is 1. The van der Waals surface area contributed by atoms with Crippen LogP contribution in [0.2, 0.25) is 0 Å². The first-order chi connectivity index (χ1) is 20.6. The van der Waals surface area contributed by atoms with Gasteiger partial charge in [-0.05, 0) is 25.2 Å². The van der Waals surface area contributed by atoms with Crippen LogP contribution in [0, 0.1) is 11.8 Å². The minimum absolute atomic E-state index is 0.0714. The smallest absolute Gasteiger partial charge is 0.369 e. The second-order valence-corrected chi connectivity index (χ2v) is 14.1. The SMILES string of the molecule is CCCCCCCCOP(=O)(O)OCC1CC(n2cnc3c(=O)[nH]c(N)nc32)C1COP(=O)(O)OCCCCCCCC. The number of fused-ring (bicyclic) bond motifs is 1. The largest absolute Gasteiger partial charge is 0.472 e. The van der Waals surface area contributed by atoms with Gasteiger partial charge >= 0.3 is 15.6 Å². The zero-order chi connectivity index (χ0) is 31.3. The van der Waals surface area contributed by atoms with E-state index in [1.807, 2.05) is 0 Å². The van der Waals surface area contributed by atoms with Gasteiger partial charge in [0, 0.05) is 12.0 Å². The molecule has 2 aromatic heterocycles. The van der Waals surface area contributed by atoms with Crippen LogP contribution in [0.5, 0.6) is 0 Å². The molecule has 0 radical (unpaired) electrons. The summed E-state index contributed by atoms with van der Waals surface area (Å²) in [5.41, 5.74) is 5.62. The van der Waals surface area contributed by atoms with Gasteiger partial charge < -0.3 is 20.1 Å². The fourth-order valence-corrected chi connectivity index (χ4v) is 6.90. The fraction of sp³-hybridized carbons (Fsp3) is 0.815. The quantitative estimate of drug-likeness (QED) is 0.0825. The Balaban J connectivity index is 1.58. The number of phosphoric acid groups is 2. The Hall–Kier alpha value is -1.63. The van der Waals surface area contributed by atoms with Crippen LogP contribution in [-0.4, -0.2) is 55.7 Å². The Morgan fingerprint density at radius 1 is 0.884 bits per heavy atom. The Kier molecular flexibility index (Phi) is 14.8. The molecule has 16 heteroatoms. The number of H-pyrrole nitrogens is 1. The molecule has 0 saturated heterocycles. The molecule has 0 aromatic carbocycles. The molecule has 2 heterocycles. The van der Waals surface area contributed by atoms with Crippen molar-refractivity contribution in [3.8, 4) is 0 Å². The topological polar surface area (TPSA) is 201 Å². The Morgan fingerprint density at radius 2 is 1.42 bits per heavy atom. The summed E-state index contributed by atoms with van der Waals surface area (Å²) in [4.78, 5) is 43.6. The Morgan fingerprint density at radius 3 is 2.00 bits per heavy atom. The van der Waals surface area contributed by atoms with E-state index in [0.717, 1.165) is 57.8 Å². The third-order valence-electron chi connectivity index (χ3n) is 7.84. The summed E-state index contributed by atoms with van der Waals surface area (Å²) >= 11 is 0. The molecule has 0 spiro atoms. The van der Waals surface area contributed by atoms with Gasteiger partial charge in [0.1, 0.15) is 0 Å². The second kappa shape index (κ2) is 17.8. The summed E-state index contributed by atoms with van der Waals surface area (Å²) in [5.74, 6) is -0.840. The number of nitrogens with one attached hydrogen (secondary N) is 1. The molecule has 2 aromatic rings. The molecule has 1 fully saturated rings. The molecule has 246 valence electrons. The average molecular weight is 650 g/mol. The van der Waals surface area contributed by atoms with E-state index in [1.165, 1.54) is 12.7 Å². The van der Waals surface area contributed by atoms with Crippen molar-refractivity contribution in [2.45, 2.75) is 103 Å². The lowest BCUT2D eigenvalue weighted by molar-refractivity contribution is -0.0108. The van der Waals surface area contributed by atoms with Crippen LogP contribution in [0.15, 0.2) is 11.1 Å². The number of hydrogen-bond acceptors (Lipinski definition) is 10. The maximum atomic E-state index is 12.6. The number of unbranched alkanes of at least 4 members (excludes halogenated alkanes) is 10. The summed E-state index contributed by atoms with van der Waals surface area (Å²) < 4.78 is 47.8. The van der Waals surface area contributed by atoms with Gasteiger partial charge in [-0.3, -0.25) is 27.9 Å². The highest BCUT2D eigenvalue weighted by Gasteiger charge is 2.45. The Labute approximate surface area is 253 Å². The number of phosphoric ester groups is 2. The molecule has 1 saturated carbocycles. The highest BCUT2D eigenvalue weighted by Crippen LogP contribution is 2.52. The van der Waals surface area contributed by atoms with Crippen LogP contribution in [0.1, 0.15) is 103 Å². The maximum absolute atomic E-state index is 12.6. The van der Waals surface area contributed by atoms with Crippen molar-refractivity contribution in [1.82, 2.24) is 19.5 Å². The van der Waals surface area contributed by atoms with Gasteiger partial charge in [0.25, 0.3) is 5.56 Å². The number of rotatable bonds is 23. The van der Waals surface area contributed by atoms with E-state index in [4.69, 9.17) is 23.8 Å². The third kappa shape index (κ3) is 11.7. The monoisotopic (exact) mass is 649 g/mol. The lowest BCUT2D eigenvalue weighted by atomic mass is 9.70. The number of nitrogens with two attached hydrogens (primary N) is 1.